The molecule has 21 heavy (non-hydrogen) atoms. The maximum Gasteiger partial charge on any atom is 0.252 e. The Morgan fingerprint density at radius 2 is 2.33 bits per heavy atom. The fourth-order valence-corrected chi connectivity index (χ4v) is 2.46. The standard InChI is InChI=1S/C14H23N3O4/c1-4-12-15-13(16-21-12)11-6-5-7-17(11)14(18)10(2)20-9-8-19-3/h10-11H,4-9H2,1-3H3/t10-,11-/m0/s1. The number of aromatic nitrogens is 2. The molecule has 7 nitrogen and oxygen atoms in total. The normalized spacial score (nSPS) is 20.0. The summed E-state index contributed by atoms with van der Waals surface area (Å²) in [6.07, 6.45) is 2.01. The summed E-state index contributed by atoms with van der Waals surface area (Å²) >= 11 is 0. The molecule has 118 valence electrons. The molecule has 1 aromatic heterocycles. The number of rotatable bonds is 7. The van der Waals surface area contributed by atoms with Crippen molar-refractivity contribution in [2.24, 2.45) is 0 Å². The van der Waals surface area contributed by atoms with Crippen molar-refractivity contribution < 1.29 is 18.8 Å². The van der Waals surface area contributed by atoms with Crippen LogP contribution in [-0.4, -0.2) is 53.9 Å². The van der Waals surface area contributed by atoms with Crippen LogP contribution in [0.25, 0.3) is 0 Å². The molecule has 7 heteroatoms. The summed E-state index contributed by atoms with van der Waals surface area (Å²) in [7, 11) is 1.61. The van der Waals surface area contributed by atoms with Crippen molar-refractivity contribution in [3.05, 3.63) is 11.7 Å². The van der Waals surface area contributed by atoms with Crippen molar-refractivity contribution >= 4 is 5.91 Å². The van der Waals surface area contributed by atoms with Gasteiger partial charge in [0.2, 0.25) is 5.89 Å². The third-order valence-corrected chi connectivity index (χ3v) is 3.62. The first kappa shape index (κ1) is 15.9. The molecule has 2 heterocycles. The zero-order chi connectivity index (χ0) is 15.2. The Morgan fingerprint density at radius 3 is 3.00 bits per heavy atom. The molecule has 1 aromatic rings. The highest BCUT2D eigenvalue weighted by atomic mass is 16.5. The maximum absolute atomic E-state index is 12.5. The minimum atomic E-state index is -0.488. The quantitative estimate of drug-likeness (QED) is 0.707. The lowest BCUT2D eigenvalue weighted by Gasteiger charge is -2.25. The number of ether oxygens (including phenoxy) is 2. The molecule has 0 radical (unpaired) electrons. The number of aryl methyl sites for hydroxylation is 1. The van der Waals surface area contributed by atoms with E-state index in [2.05, 4.69) is 10.1 Å². The third kappa shape index (κ3) is 3.79. The Bertz CT molecular complexity index is 463. The van der Waals surface area contributed by atoms with E-state index in [0.29, 0.717) is 37.9 Å². The summed E-state index contributed by atoms with van der Waals surface area (Å²) in [5.41, 5.74) is 0. The molecular formula is C14H23N3O4. The van der Waals surface area contributed by atoms with Crippen molar-refractivity contribution in [3.8, 4) is 0 Å². The van der Waals surface area contributed by atoms with Crippen LogP contribution < -0.4 is 0 Å². The van der Waals surface area contributed by atoms with Crippen LogP contribution in [0.15, 0.2) is 4.52 Å². The van der Waals surface area contributed by atoms with Gasteiger partial charge in [-0.05, 0) is 19.8 Å². The molecule has 1 fully saturated rings. The van der Waals surface area contributed by atoms with E-state index in [9.17, 15) is 4.79 Å². The number of carbonyl (C=O) groups is 1. The second-order valence-electron chi connectivity index (χ2n) is 5.10. The monoisotopic (exact) mass is 297 g/mol. The number of likely N-dealkylation sites (tertiary alicyclic amines) is 1. The van der Waals surface area contributed by atoms with Crippen LogP contribution in [0.5, 0.6) is 0 Å². The number of amides is 1. The fourth-order valence-electron chi connectivity index (χ4n) is 2.46. The molecule has 1 saturated heterocycles. The zero-order valence-corrected chi connectivity index (χ0v) is 12.9. The van der Waals surface area contributed by atoms with Crippen LogP contribution in [-0.2, 0) is 20.7 Å². The summed E-state index contributed by atoms with van der Waals surface area (Å²) in [5, 5.41) is 4.00. The van der Waals surface area contributed by atoms with E-state index < -0.39 is 6.10 Å². The van der Waals surface area contributed by atoms with Crippen molar-refractivity contribution in [2.45, 2.75) is 45.3 Å². The topological polar surface area (TPSA) is 77.7 Å². The van der Waals surface area contributed by atoms with Crippen molar-refractivity contribution in [1.82, 2.24) is 15.0 Å². The highest BCUT2D eigenvalue weighted by Crippen LogP contribution is 2.30. The Labute approximate surface area is 124 Å². The van der Waals surface area contributed by atoms with Gasteiger partial charge >= 0.3 is 0 Å². The first-order chi connectivity index (χ1) is 10.2. The summed E-state index contributed by atoms with van der Waals surface area (Å²) in [6, 6.07) is -0.102. The van der Waals surface area contributed by atoms with Gasteiger partial charge < -0.3 is 18.9 Å². The van der Waals surface area contributed by atoms with Gasteiger partial charge in [-0.25, -0.2) is 0 Å². The second-order valence-corrected chi connectivity index (χ2v) is 5.10. The van der Waals surface area contributed by atoms with Gasteiger partial charge in [0.05, 0.1) is 19.3 Å². The Balaban J connectivity index is 1.98. The molecule has 0 unspecified atom stereocenters. The van der Waals surface area contributed by atoms with E-state index in [1.807, 2.05) is 6.92 Å². The van der Waals surface area contributed by atoms with Crippen LogP contribution in [0.3, 0.4) is 0 Å². The smallest absolute Gasteiger partial charge is 0.252 e. The van der Waals surface area contributed by atoms with Crippen LogP contribution in [0.2, 0.25) is 0 Å². The minimum absolute atomic E-state index is 0.0311. The first-order valence-electron chi connectivity index (χ1n) is 7.40. The van der Waals surface area contributed by atoms with Gasteiger partial charge in [-0.1, -0.05) is 12.1 Å². The summed E-state index contributed by atoms with van der Waals surface area (Å²) < 4.78 is 15.6. The first-order valence-corrected chi connectivity index (χ1v) is 7.40. The number of hydrogen-bond acceptors (Lipinski definition) is 6. The molecule has 2 rings (SSSR count). The highest BCUT2D eigenvalue weighted by Gasteiger charge is 2.35. The second kappa shape index (κ2) is 7.51. The number of hydrogen-bond donors (Lipinski definition) is 0. The van der Waals surface area contributed by atoms with Crippen LogP contribution >= 0.6 is 0 Å². The fraction of sp³-hybridized carbons (Fsp3) is 0.786. The molecule has 0 bridgehead atoms. The lowest BCUT2D eigenvalue weighted by atomic mass is 10.2. The highest BCUT2D eigenvalue weighted by molar-refractivity contribution is 5.81. The van der Waals surface area contributed by atoms with Gasteiger partial charge in [-0.2, -0.15) is 4.98 Å². The van der Waals surface area contributed by atoms with Gasteiger partial charge in [0.1, 0.15) is 6.10 Å². The summed E-state index contributed by atoms with van der Waals surface area (Å²) in [6.45, 7) is 5.31. The van der Waals surface area contributed by atoms with Gasteiger partial charge in [0.15, 0.2) is 5.82 Å². The molecule has 1 amide bonds. The third-order valence-electron chi connectivity index (χ3n) is 3.62. The summed E-state index contributed by atoms with van der Waals surface area (Å²) in [5.74, 6) is 1.17. The molecule has 1 aliphatic heterocycles. The van der Waals surface area contributed by atoms with E-state index in [1.54, 1.807) is 18.9 Å². The van der Waals surface area contributed by atoms with Crippen molar-refractivity contribution in [2.75, 3.05) is 26.9 Å². The van der Waals surface area contributed by atoms with E-state index in [-0.39, 0.29) is 11.9 Å². The minimum Gasteiger partial charge on any atom is -0.382 e. The van der Waals surface area contributed by atoms with Gasteiger partial charge in [-0.3, -0.25) is 4.79 Å². The predicted molar refractivity (Wildman–Crippen MR) is 74.7 cm³/mol. The Morgan fingerprint density at radius 1 is 1.52 bits per heavy atom. The molecule has 0 aliphatic carbocycles. The molecule has 0 N–H and O–H groups in total. The average Bonchev–Trinajstić information content (AvgIpc) is 3.14. The van der Waals surface area contributed by atoms with Gasteiger partial charge in [-0.15, -0.1) is 0 Å². The lowest BCUT2D eigenvalue weighted by molar-refractivity contribution is -0.144. The van der Waals surface area contributed by atoms with E-state index >= 15 is 0 Å². The predicted octanol–water partition coefficient (Wildman–Crippen LogP) is 1.35. The molecule has 0 saturated carbocycles. The van der Waals surface area contributed by atoms with E-state index in [1.165, 1.54) is 0 Å². The maximum atomic E-state index is 12.5. The SMILES string of the molecule is CCc1nc([C@@H]2CCCN2C(=O)[C@H](C)OCCOC)no1. The molecule has 0 spiro atoms. The van der Waals surface area contributed by atoms with Gasteiger partial charge in [0, 0.05) is 20.1 Å². The van der Waals surface area contributed by atoms with Crippen molar-refractivity contribution in [3.63, 3.8) is 0 Å². The average molecular weight is 297 g/mol. The number of nitrogens with zero attached hydrogens (tertiary/aromatic N) is 3. The molecule has 2 atom stereocenters. The Kier molecular flexibility index (Phi) is 5.69. The largest absolute Gasteiger partial charge is 0.382 e. The van der Waals surface area contributed by atoms with E-state index in [0.717, 1.165) is 12.8 Å². The summed E-state index contributed by atoms with van der Waals surface area (Å²) in [4.78, 5) is 18.6. The lowest BCUT2D eigenvalue weighted by Crippen LogP contribution is -2.39. The molecule has 1 aliphatic rings. The van der Waals surface area contributed by atoms with E-state index in [4.69, 9.17) is 14.0 Å². The van der Waals surface area contributed by atoms with Crippen LogP contribution in [0.4, 0.5) is 0 Å². The molecular weight excluding hydrogens is 274 g/mol. The molecule has 0 aromatic carbocycles. The van der Waals surface area contributed by atoms with Crippen LogP contribution in [0, 0.1) is 0 Å². The number of methoxy groups -OCH3 is 1. The van der Waals surface area contributed by atoms with Gasteiger partial charge in [0.25, 0.3) is 5.91 Å². The van der Waals surface area contributed by atoms with Crippen molar-refractivity contribution in [1.29, 1.82) is 0 Å². The van der Waals surface area contributed by atoms with Crippen LogP contribution in [0.1, 0.15) is 44.4 Å². The zero-order valence-electron chi connectivity index (χ0n) is 12.9. The Hall–Kier alpha value is -1.47. The number of carbonyl (C=O) groups excluding carboxylic acids is 1.